The molecule has 7 nitrogen and oxygen atoms in total. The van der Waals surface area contributed by atoms with E-state index in [4.69, 9.17) is 19.0 Å². The molecule has 2 aromatic carbocycles. The molecule has 0 atom stereocenters. The van der Waals surface area contributed by atoms with Crippen LogP contribution >= 0.6 is 12.4 Å². The summed E-state index contributed by atoms with van der Waals surface area (Å²) < 4.78 is 56.3. The van der Waals surface area contributed by atoms with Gasteiger partial charge in [-0.05, 0) is 36.4 Å². The summed E-state index contributed by atoms with van der Waals surface area (Å²) in [6, 6.07) is 7.97. The van der Waals surface area contributed by atoms with E-state index in [0.29, 0.717) is 5.75 Å². The number of hydrogen-bond donors (Lipinski definition) is 3. The normalized spacial score (nSPS) is 11.3. The zero-order valence-electron chi connectivity index (χ0n) is 16.2. The van der Waals surface area contributed by atoms with Crippen LogP contribution in [0, 0.1) is 0 Å². The van der Waals surface area contributed by atoms with Crippen molar-refractivity contribution in [2.24, 2.45) is 0 Å². The quantitative estimate of drug-likeness (QED) is 0.460. The van der Waals surface area contributed by atoms with E-state index < -0.39 is 28.7 Å². The Hall–Kier alpha value is -2.95. The lowest BCUT2D eigenvalue weighted by molar-refractivity contribution is -0.154. The Balaban J connectivity index is 0.00000341. The van der Waals surface area contributed by atoms with Crippen molar-refractivity contribution < 1.29 is 37.3 Å². The molecule has 11 heteroatoms. The maximum Gasteiger partial charge on any atom is 0.453 e. The largest absolute Gasteiger partial charge is 0.507 e. The van der Waals surface area contributed by atoms with Crippen LogP contribution in [0.25, 0.3) is 11.0 Å². The van der Waals surface area contributed by atoms with Gasteiger partial charge in [-0.2, -0.15) is 13.2 Å². The Morgan fingerprint density at radius 2 is 1.74 bits per heavy atom. The molecular weight excluding hydrogens is 443 g/mol. The minimum atomic E-state index is -5.03. The van der Waals surface area contributed by atoms with Crippen molar-refractivity contribution in [1.82, 2.24) is 5.32 Å². The van der Waals surface area contributed by atoms with Crippen molar-refractivity contribution >= 4 is 23.4 Å². The molecule has 3 N–H and O–H groups in total. The van der Waals surface area contributed by atoms with E-state index in [2.05, 4.69) is 5.32 Å². The first-order valence-corrected chi connectivity index (χ1v) is 8.78. The fraction of sp³-hybridized carbons (Fsp3) is 0.250. The molecule has 0 amide bonds. The van der Waals surface area contributed by atoms with Gasteiger partial charge in [0.1, 0.15) is 22.8 Å². The van der Waals surface area contributed by atoms with Gasteiger partial charge in [0, 0.05) is 13.1 Å². The molecule has 0 unspecified atom stereocenters. The molecule has 3 aromatic rings. The number of aliphatic hydroxyl groups is 1. The number of halogens is 4. The zero-order chi connectivity index (χ0) is 21.9. The first-order chi connectivity index (χ1) is 14.3. The minimum absolute atomic E-state index is 0. The van der Waals surface area contributed by atoms with Crippen LogP contribution in [0.3, 0.4) is 0 Å². The number of alkyl halides is 3. The van der Waals surface area contributed by atoms with Gasteiger partial charge in [0.25, 0.3) is 5.76 Å². The van der Waals surface area contributed by atoms with Crippen molar-refractivity contribution in [3.05, 3.63) is 57.9 Å². The number of rotatable bonds is 7. The van der Waals surface area contributed by atoms with Gasteiger partial charge in [-0.1, -0.05) is 0 Å². The second-order valence-corrected chi connectivity index (χ2v) is 6.21. The summed E-state index contributed by atoms with van der Waals surface area (Å²) in [7, 11) is 1.43. The highest BCUT2D eigenvalue weighted by Gasteiger charge is 2.41. The molecule has 0 spiro atoms. The Morgan fingerprint density at radius 3 is 2.32 bits per heavy atom. The third-order valence-corrected chi connectivity index (χ3v) is 4.22. The lowest BCUT2D eigenvalue weighted by atomic mass is 10.1. The highest BCUT2D eigenvalue weighted by atomic mass is 35.5. The van der Waals surface area contributed by atoms with E-state index >= 15 is 0 Å². The molecule has 3 rings (SSSR count). The highest BCUT2D eigenvalue weighted by molar-refractivity contribution is 5.85. The molecule has 0 saturated carbocycles. The van der Waals surface area contributed by atoms with Gasteiger partial charge in [-0.15, -0.1) is 12.4 Å². The van der Waals surface area contributed by atoms with E-state index in [9.17, 15) is 23.1 Å². The molecule has 0 aliphatic carbocycles. The van der Waals surface area contributed by atoms with Crippen molar-refractivity contribution in [2.45, 2.75) is 12.7 Å². The summed E-state index contributed by atoms with van der Waals surface area (Å²) in [5.74, 6) is -2.55. The van der Waals surface area contributed by atoms with Crippen LogP contribution in [-0.4, -0.2) is 30.5 Å². The van der Waals surface area contributed by atoms with Crippen molar-refractivity contribution in [3.8, 4) is 23.0 Å². The predicted octanol–water partition coefficient (Wildman–Crippen LogP) is 3.82. The van der Waals surface area contributed by atoms with Crippen molar-refractivity contribution in [1.29, 1.82) is 0 Å². The second-order valence-electron chi connectivity index (χ2n) is 6.21. The molecule has 31 heavy (non-hydrogen) atoms. The Morgan fingerprint density at radius 1 is 1.10 bits per heavy atom. The van der Waals surface area contributed by atoms with E-state index in [-0.39, 0.29) is 54.6 Å². The second kappa shape index (κ2) is 9.90. The standard InChI is InChI=1S/C20H18F3NO6.ClH/c1-28-11-2-4-12(5-3-11)29-18-16(27)13-6-7-15(26)14(10-24-8-9-25)17(13)30-19(18)20(21,22)23;/h2-7,24-26H,8-10H2,1H3;1H. The summed E-state index contributed by atoms with van der Waals surface area (Å²) in [6.07, 6.45) is -5.03. The third kappa shape index (κ3) is 5.22. The van der Waals surface area contributed by atoms with E-state index in [1.807, 2.05) is 0 Å². The predicted molar refractivity (Wildman–Crippen MR) is 108 cm³/mol. The monoisotopic (exact) mass is 461 g/mol. The van der Waals surface area contributed by atoms with Crippen LogP contribution in [0.2, 0.25) is 0 Å². The van der Waals surface area contributed by atoms with Gasteiger partial charge in [-0.25, -0.2) is 0 Å². The third-order valence-electron chi connectivity index (χ3n) is 4.22. The lowest BCUT2D eigenvalue weighted by Gasteiger charge is -2.15. The average Bonchev–Trinajstić information content (AvgIpc) is 2.71. The summed E-state index contributed by atoms with van der Waals surface area (Å²) in [4.78, 5) is 12.9. The molecule has 1 aromatic heterocycles. The number of phenolic OH excluding ortho intramolecular Hbond substituents is 1. The maximum absolute atomic E-state index is 13.7. The fourth-order valence-corrected chi connectivity index (χ4v) is 2.79. The van der Waals surface area contributed by atoms with Crippen molar-refractivity contribution in [3.63, 3.8) is 0 Å². The number of phenols is 1. The van der Waals surface area contributed by atoms with Gasteiger partial charge in [0.2, 0.25) is 11.2 Å². The van der Waals surface area contributed by atoms with Gasteiger partial charge in [0.05, 0.1) is 24.7 Å². The summed E-state index contributed by atoms with van der Waals surface area (Å²) in [5, 5.41) is 21.5. The summed E-state index contributed by atoms with van der Waals surface area (Å²) in [5.41, 5.74) is -1.50. The molecule has 0 fully saturated rings. The Bertz CT molecular complexity index is 1100. The van der Waals surface area contributed by atoms with Gasteiger partial charge >= 0.3 is 6.18 Å². The molecule has 0 aliphatic rings. The maximum atomic E-state index is 13.7. The molecule has 168 valence electrons. The van der Waals surface area contributed by atoms with Crippen LogP contribution in [0.1, 0.15) is 11.3 Å². The highest BCUT2D eigenvalue weighted by Crippen LogP contribution is 2.40. The molecule has 1 heterocycles. The lowest BCUT2D eigenvalue weighted by Crippen LogP contribution is -2.19. The van der Waals surface area contributed by atoms with E-state index in [0.717, 1.165) is 6.07 Å². The fourth-order valence-electron chi connectivity index (χ4n) is 2.79. The zero-order valence-corrected chi connectivity index (χ0v) is 17.0. The molecule has 0 aliphatic heterocycles. The number of fused-ring (bicyclic) bond motifs is 1. The van der Waals surface area contributed by atoms with Crippen LogP contribution in [0.15, 0.2) is 45.6 Å². The smallest absolute Gasteiger partial charge is 0.453 e. The van der Waals surface area contributed by atoms with E-state index in [1.54, 1.807) is 0 Å². The average molecular weight is 462 g/mol. The van der Waals surface area contributed by atoms with E-state index in [1.165, 1.54) is 37.4 Å². The molecule has 0 bridgehead atoms. The topological polar surface area (TPSA) is 101 Å². The SMILES string of the molecule is COc1ccc(Oc2c(C(F)(F)F)oc3c(CNCCO)c(O)ccc3c2=O)cc1.Cl. The first-order valence-electron chi connectivity index (χ1n) is 8.78. The molecule has 0 radical (unpaired) electrons. The molecular formula is C20H19ClF3NO6. The minimum Gasteiger partial charge on any atom is -0.507 e. The number of aliphatic hydroxyl groups excluding tert-OH is 1. The number of aromatic hydroxyl groups is 1. The Kier molecular flexibility index (Phi) is 7.77. The number of methoxy groups -OCH3 is 1. The van der Waals surface area contributed by atoms with Gasteiger partial charge in [-0.3, -0.25) is 4.79 Å². The number of ether oxygens (including phenoxy) is 2. The van der Waals surface area contributed by atoms with Gasteiger partial charge < -0.3 is 29.4 Å². The van der Waals surface area contributed by atoms with Crippen LogP contribution in [0.5, 0.6) is 23.0 Å². The van der Waals surface area contributed by atoms with Crippen LogP contribution in [-0.2, 0) is 12.7 Å². The number of nitrogens with one attached hydrogen (secondary N) is 1. The number of benzene rings is 2. The summed E-state index contributed by atoms with van der Waals surface area (Å²) in [6.45, 7) is -0.212. The van der Waals surface area contributed by atoms with Crippen molar-refractivity contribution in [2.75, 3.05) is 20.3 Å². The van der Waals surface area contributed by atoms with Crippen LogP contribution in [0.4, 0.5) is 13.2 Å². The number of hydrogen-bond acceptors (Lipinski definition) is 7. The first kappa shape index (κ1) is 24.3. The Labute approximate surface area is 180 Å². The summed E-state index contributed by atoms with van der Waals surface area (Å²) >= 11 is 0. The van der Waals surface area contributed by atoms with Gasteiger partial charge in [0.15, 0.2) is 0 Å². The molecule has 0 saturated heterocycles. The van der Waals surface area contributed by atoms with Crippen LogP contribution < -0.4 is 20.2 Å².